The fourth-order valence-corrected chi connectivity index (χ4v) is 4.60. The maximum absolute atomic E-state index is 13.5. The van der Waals surface area contributed by atoms with E-state index in [1.807, 2.05) is 11.0 Å². The van der Waals surface area contributed by atoms with Gasteiger partial charge in [-0.3, -0.25) is 14.7 Å². The maximum atomic E-state index is 13.5. The molecule has 0 N–H and O–H groups in total. The quantitative estimate of drug-likeness (QED) is 0.776. The second-order valence-electron chi connectivity index (χ2n) is 9.26. The van der Waals surface area contributed by atoms with Crippen LogP contribution in [-0.2, 0) is 4.79 Å². The van der Waals surface area contributed by atoms with Gasteiger partial charge in [0.25, 0.3) is 0 Å². The van der Waals surface area contributed by atoms with E-state index in [0.29, 0.717) is 11.4 Å². The standard InChI is InChI=1S/C23H31FN4O/c1-23(2,3)28-10-4-5-17(16-28)22(29)27-13-11-26(12-14-27)21-8-9-25-20-15-18(24)6-7-19(20)21/h6-9,15,17H,4-5,10-14,16H2,1-3H3/t17-/m1/s1. The van der Waals surface area contributed by atoms with E-state index >= 15 is 0 Å². The number of carbonyl (C=O) groups is 1. The van der Waals surface area contributed by atoms with Crippen LogP contribution in [0, 0.1) is 11.7 Å². The van der Waals surface area contributed by atoms with Crippen LogP contribution in [0.15, 0.2) is 30.5 Å². The summed E-state index contributed by atoms with van der Waals surface area (Å²) in [6.45, 7) is 11.7. The van der Waals surface area contributed by atoms with Gasteiger partial charge in [-0.1, -0.05) is 0 Å². The van der Waals surface area contributed by atoms with Crippen molar-refractivity contribution in [2.24, 2.45) is 5.92 Å². The maximum Gasteiger partial charge on any atom is 0.227 e. The van der Waals surface area contributed by atoms with E-state index in [4.69, 9.17) is 0 Å². The van der Waals surface area contributed by atoms with Crippen LogP contribution in [0.1, 0.15) is 33.6 Å². The number of rotatable bonds is 2. The Kier molecular flexibility index (Phi) is 5.47. The van der Waals surface area contributed by atoms with Gasteiger partial charge in [-0.2, -0.15) is 0 Å². The van der Waals surface area contributed by atoms with Crippen LogP contribution >= 0.6 is 0 Å². The first-order valence-electron chi connectivity index (χ1n) is 10.7. The largest absolute Gasteiger partial charge is 0.367 e. The number of halogens is 1. The van der Waals surface area contributed by atoms with Crippen molar-refractivity contribution in [1.82, 2.24) is 14.8 Å². The molecule has 1 aromatic heterocycles. The number of piperidine rings is 1. The number of amides is 1. The third kappa shape index (κ3) is 4.22. The lowest BCUT2D eigenvalue weighted by Gasteiger charge is -2.43. The fraction of sp³-hybridized carbons (Fsp3) is 0.565. The lowest BCUT2D eigenvalue weighted by atomic mass is 9.92. The van der Waals surface area contributed by atoms with E-state index in [0.717, 1.165) is 63.2 Å². The van der Waals surface area contributed by atoms with Crippen molar-refractivity contribution in [2.75, 3.05) is 44.2 Å². The number of hydrogen-bond acceptors (Lipinski definition) is 4. The molecule has 2 aliphatic rings. The van der Waals surface area contributed by atoms with Gasteiger partial charge in [-0.25, -0.2) is 4.39 Å². The summed E-state index contributed by atoms with van der Waals surface area (Å²) >= 11 is 0. The molecule has 0 bridgehead atoms. The number of likely N-dealkylation sites (tertiary alicyclic amines) is 1. The number of nitrogens with zero attached hydrogens (tertiary/aromatic N) is 4. The summed E-state index contributed by atoms with van der Waals surface area (Å²) in [7, 11) is 0. The molecule has 5 nitrogen and oxygen atoms in total. The van der Waals surface area contributed by atoms with Crippen molar-refractivity contribution in [3.05, 3.63) is 36.3 Å². The number of benzene rings is 1. The Morgan fingerprint density at radius 3 is 2.59 bits per heavy atom. The lowest BCUT2D eigenvalue weighted by molar-refractivity contribution is -0.138. The number of hydrogen-bond donors (Lipinski definition) is 0. The predicted molar refractivity (Wildman–Crippen MR) is 115 cm³/mol. The van der Waals surface area contributed by atoms with Gasteiger partial charge in [-0.05, 0) is 58.4 Å². The average Bonchev–Trinajstić information content (AvgIpc) is 2.72. The summed E-state index contributed by atoms with van der Waals surface area (Å²) in [6, 6.07) is 6.74. The third-order valence-corrected chi connectivity index (χ3v) is 6.33. The monoisotopic (exact) mass is 398 g/mol. The molecule has 2 aromatic rings. The molecule has 3 heterocycles. The van der Waals surface area contributed by atoms with Gasteiger partial charge in [-0.15, -0.1) is 0 Å². The molecular formula is C23H31FN4O. The zero-order chi connectivity index (χ0) is 20.6. The van der Waals surface area contributed by atoms with Crippen LogP contribution in [0.3, 0.4) is 0 Å². The molecule has 156 valence electrons. The van der Waals surface area contributed by atoms with Gasteiger partial charge < -0.3 is 9.80 Å². The zero-order valence-electron chi connectivity index (χ0n) is 17.7. The first-order valence-corrected chi connectivity index (χ1v) is 10.7. The third-order valence-electron chi connectivity index (χ3n) is 6.33. The van der Waals surface area contributed by atoms with Gasteiger partial charge >= 0.3 is 0 Å². The first kappa shape index (κ1) is 20.1. The number of anilines is 1. The Bertz CT molecular complexity index is 886. The number of aromatic nitrogens is 1. The van der Waals surface area contributed by atoms with Crippen molar-refractivity contribution < 1.29 is 9.18 Å². The first-order chi connectivity index (χ1) is 13.8. The molecule has 0 radical (unpaired) electrons. The molecule has 4 rings (SSSR count). The van der Waals surface area contributed by atoms with Gasteiger partial charge in [0.15, 0.2) is 0 Å². The second-order valence-corrected chi connectivity index (χ2v) is 9.26. The summed E-state index contributed by atoms with van der Waals surface area (Å²) in [5.41, 5.74) is 1.85. The van der Waals surface area contributed by atoms with E-state index in [9.17, 15) is 9.18 Å². The molecule has 2 saturated heterocycles. The highest BCUT2D eigenvalue weighted by Crippen LogP contribution is 2.28. The summed E-state index contributed by atoms with van der Waals surface area (Å²) in [5, 5.41) is 0.960. The normalized spacial score (nSPS) is 21.6. The molecule has 2 aliphatic heterocycles. The lowest BCUT2D eigenvalue weighted by Crippen LogP contribution is -2.54. The highest BCUT2D eigenvalue weighted by molar-refractivity contribution is 5.91. The number of pyridine rings is 1. The van der Waals surface area contributed by atoms with Crippen LogP contribution in [-0.4, -0.2) is 65.5 Å². The van der Waals surface area contributed by atoms with Gasteiger partial charge in [0.05, 0.1) is 11.4 Å². The SMILES string of the molecule is CC(C)(C)N1CCC[C@@H](C(=O)N2CCN(c3ccnc4cc(F)ccc34)CC2)C1. The molecule has 6 heteroatoms. The van der Waals surface area contributed by atoms with Crippen LogP contribution in [0.5, 0.6) is 0 Å². The Balaban J connectivity index is 1.41. The molecule has 1 aromatic carbocycles. The molecule has 1 amide bonds. The zero-order valence-corrected chi connectivity index (χ0v) is 17.7. The minimum Gasteiger partial charge on any atom is -0.367 e. The van der Waals surface area contributed by atoms with Gasteiger partial charge in [0, 0.05) is 61.6 Å². The van der Waals surface area contributed by atoms with E-state index in [1.165, 1.54) is 12.1 Å². The molecule has 0 saturated carbocycles. The van der Waals surface area contributed by atoms with Crippen LogP contribution in [0.2, 0.25) is 0 Å². The number of carbonyl (C=O) groups excluding carboxylic acids is 1. The Labute approximate surface area is 172 Å². The summed E-state index contributed by atoms with van der Waals surface area (Å²) in [5.74, 6) is 0.147. The Hall–Kier alpha value is -2.21. The molecule has 0 aliphatic carbocycles. The van der Waals surface area contributed by atoms with Crippen molar-refractivity contribution in [3.8, 4) is 0 Å². The fourth-order valence-electron chi connectivity index (χ4n) is 4.60. The van der Waals surface area contributed by atoms with Crippen LogP contribution in [0.25, 0.3) is 10.9 Å². The molecular weight excluding hydrogens is 367 g/mol. The Morgan fingerprint density at radius 1 is 1.10 bits per heavy atom. The Morgan fingerprint density at radius 2 is 1.86 bits per heavy atom. The summed E-state index contributed by atoms with van der Waals surface area (Å²) < 4.78 is 13.5. The molecule has 0 spiro atoms. The second kappa shape index (κ2) is 7.90. The number of piperazine rings is 1. The van der Waals surface area contributed by atoms with Crippen molar-refractivity contribution in [2.45, 2.75) is 39.2 Å². The minimum atomic E-state index is -0.269. The smallest absolute Gasteiger partial charge is 0.227 e. The number of fused-ring (bicyclic) bond motifs is 1. The summed E-state index contributed by atoms with van der Waals surface area (Å²) in [4.78, 5) is 24.2. The molecule has 29 heavy (non-hydrogen) atoms. The molecule has 0 unspecified atom stereocenters. The van der Waals surface area contributed by atoms with Crippen molar-refractivity contribution >= 4 is 22.5 Å². The average molecular weight is 399 g/mol. The minimum absolute atomic E-state index is 0.110. The molecule has 1 atom stereocenters. The van der Waals surface area contributed by atoms with Crippen LogP contribution in [0.4, 0.5) is 10.1 Å². The molecule has 2 fully saturated rings. The highest BCUT2D eigenvalue weighted by Gasteiger charge is 2.34. The predicted octanol–water partition coefficient (Wildman–Crippen LogP) is 3.53. The van der Waals surface area contributed by atoms with E-state index in [1.54, 1.807) is 12.3 Å². The van der Waals surface area contributed by atoms with E-state index in [-0.39, 0.29) is 17.3 Å². The van der Waals surface area contributed by atoms with Crippen molar-refractivity contribution in [3.63, 3.8) is 0 Å². The topological polar surface area (TPSA) is 39.7 Å². The summed E-state index contributed by atoms with van der Waals surface area (Å²) in [6.07, 6.45) is 3.82. The van der Waals surface area contributed by atoms with E-state index < -0.39 is 0 Å². The highest BCUT2D eigenvalue weighted by atomic mass is 19.1. The van der Waals surface area contributed by atoms with Crippen LogP contribution < -0.4 is 4.90 Å². The van der Waals surface area contributed by atoms with Gasteiger partial charge in [0.1, 0.15) is 5.82 Å². The van der Waals surface area contributed by atoms with E-state index in [2.05, 4.69) is 35.6 Å². The van der Waals surface area contributed by atoms with Gasteiger partial charge in [0.2, 0.25) is 5.91 Å². The van der Waals surface area contributed by atoms with Crippen molar-refractivity contribution in [1.29, 1.82) is 0 Å².